The Labute approximate surface area is 191 Å². The lowest BCUT2D eigenvalue weighted by Crippen LogP contribution is -2.35. The second-order valence-electron chi connectivity index (χ2n) is 7.40. The topological polar surface area (TPSA) is 90.5 Å². The average Bonchev–Trinajstić information content (AvgIpc) is 3.23. The van der Waals surface area contributed by atoms with Gasteiger partial charge in [0.2, 0.25) is 11.7 Å². The standard InChI is InChI=1S/C25H24N4O4/c1-2-28(16-19-11-13-21(14-12-19)32-18-20-8-4-3-5-9-20)23(30)17-29-24(27-33-25(29)31)22-10-6-7-15-26-22/h3-15H,2,16-18H2,1H3. The Morgan fingerprint density at radius 3 is 2.45 bits per heavy atom. The first-order chi connectivity index (χ1) is 16.1. The summed E-state index contributed by atoms with van der Waals surface area (Å²) in [5.41, 5.74) is 2.52. The van der Waals surface area contributed by atoms with E-state index in [1.165, 1.54) is 4.57 Å². The Bertz CT molecular complexity index is 1230. The molecular weight excluding hydrogens is 420 g/mol. The third kappa shape index (κ3) is 5.54. The van der Waals surface area contributed by atoms with E-state index in [1.54, 1.807) is 29.3 Å². The van der Waals surface area contributed by atoms with Crippen molar-refractivity contribution in [1.82, 2.24) is 19.6 Å². The van der Waals surface area contributed by atoms with Crippen LogP contribution >= 0.6 is 0 Å². The number of likely N-dealkylation sites (N-methyl/N-ethyl adjacent to an activating group) is 1. The van der Waals surface area contributed by atoms with Gasteiger partial charge in [-0.1, -0.05) is 53.7 Å². The molecule has 0 unspecified atom stereocenters. The molecule has 2 aromatic heterocycles. The minimum Gasteiger partial charge on any atom is -0.489 e. The molecule has 168 valence electrons. The van der Waals surface area contributed by atoms with Crippen molar-refractivity contribution < 1.29 is 14.1 Å². The smallest absolute Gasteiger partial charge is 0.442 e. The van der Waals surface area contributed by atoms with Crippen LogP contribution in [0.1, 0.15) is 18.1 Å². The van der Waals surface area contributed by atoms with Crippen LogP contribution in [0.25, 0.3) is 11.5 Å². The van der Waals surface area contributed by atoms with Gasteiger partial charge in [-0.15, -0.1) is 0 Å². The van der Waals surface area contributed by atoms with Gasteiger partial charge in [0, 0.05) is 19.3 Å². The first-order valence-corrected chi connectivity index (χ1v) is 10.7. The lowest BCUT2D eigenvalue weighted by atomic mass is 10.2. The normalized spacial score (nSPS) is 10.7. The van der Waals surface area contributed by atoms with Gasteiger partial charge in [0.05, 0.1) is 0 Å². The molecule has 0 spiro atoms. The molecule has 8 nitrogen and oxygen atoms in total. The SMILES string of the molecule is CCN(Cc1ccc(OCc2ccccc2)cc1)C(=O)Cn1c(-c2ccccn2)noc1=O. The molecule has 0 atom stereocenters. The zero-order valence-electron chi connectivity index (χ0n) is 18.3. The Morgan fingerprint density at radius 2 is 1.76 bits per heavy atom. The lowest BCUT2D eigenvalue weighted by molar-refractivity contribution is -0.132. The predicted octanol–water partition coefficient (Wildman–Crippen LogP) is 3.53. The van der Waals surface area contributed by atoms with Crippen LogP contribution < -0.4 is 10.5 Å². The summed E-state index contributed by atoms with van der Waals surface area (Å²) in [7, 11) is 0. The number of benzene rings is 2. The molecule has 33 heavy (non-hydrogen) atoms. The van der Waals surface area contributed by atoms with Crippen LogP contribution in [0.4, 0.5) is 0 Å². The zero-order valence-corrected chi connectivity index (χ0v) is 18.3. The number of rotatable bonds is 9. The molecular formula is C25H24N4O4. The molecule has 0 bridgehead atoms. The maximum Gasteiger partial charge on any atom is 0.442 e. The Kier molecular flexibility index (Phi) is 6.94. The van der Waals surface area contributed by atoms with E-state index in [0.717, 1.165) is 16.9 Å². The number of pyridine rings is 1. The molecule has 1 amide bonds. The monoisotopic (exact) mass is 444 g/mol. The lowest BCUT2D eigenvalue weighted by Gasteiger charge is -2.21. The molecule has 2 aromatic carbocycles. The van der Waals surface area contributed by atoms with Crippen molar-refractivity contribution in [2.45, 2.75) is 26.6 Å². The quantitative estimate of drug-likeness (QED) is 0.392. The van der Waals surface area contributed by atoms with Crippen molar-refractivity contribution in [1.29, 1.82) is 0 Å². The number of hydrogen-bond donors (Lipinski definition) is 0. The molecule has 0 aliphatic heterocycles. The van der Waals surface area contributed by atoms with Crippen molar-refractivity contribution in [2.24, 2.45) is 0 Å². The number of ether oxygens (including phenoxy) is 1. The van der Waals surface area contributed by atoms with Crippen LogP contribution in [0.15, 0.2) is 88.3 Å². The fourth-order valence-corrected chi connectivity index (χ4v) is 3.35. The predicted molar refractivity (Wildman–Crippen MR) is 122 cm³/mol. The van der Waals surface area contributed by atoms with E-state index in [2.05, 4.69) is 10.1 Å². The minimum absolute atomic E-state index is 0.180. The molecule has 0 radical (unpaired) electrons. The van der Waals surface area contributed by atoms with Crippen LogP contribution in [0.3, 0.4) is 0 Å². The number of carbonyl (C=O) groups is 1. The summed E-state index contributed by atoms with van der Waals surface area (Å²) in [6.45, 7) is 3.11. The third-order valence-corrected chi connectivity index (χ3v) is 5.15. The van der Waals surface area contributed by atoms with Crippen molar-refractivity contribution in [2.75, 3.05) is 6.54 Å². The van der Waals surface area contributed by atoms with Gasteiger partial charge in [-0.3, -0.25) is 14.3 Å². The molecule has 0 saturated heterocycles. The number of hydrogen-bond acceptors (Lipinski definition) is 6. The molecule has 0 aliphatic carbocycles. The van der Waals surface area contributed by atoms with Gasteiger partial charge in [0.25, 0.3) is 0 Å². The van der Waals surface area contributed by atoms with Crippen molar-refractivity contribution in [3.63, 3.8) is 0 Å². The summed E-state index contributed by atoms with van der Waals surface area (Å²) in [6, 6.07) is 22.8. The molecule has 4 aromatic rings. The van der Waals surface area contributed by atoms with Gasteiger partial charge in [0.15, 0.2) is 0 Å². The summed E-state index contributed by atoms with van der Waals surface area (Å²) in [5.74, 6) is 0.0716. The molecule has 0 aliphatic rings. The Hall–Kier alpha value is -4.20. The van der Waals surface area contributed by atoms with Crippen molar-refractivity contribution in [3.05, 3.63) is 101 Å². The van der Waals surface area contributed by atoms with Crippen LogP contribution in [0.2, 0.25) is 0 Å². The number of nitrogens with zero attached hydrogens (tertiary/aromatic N) is 4. The number of carbonyl (C=O) groups excluding carboxylic acids is 1. The summed E-state index contributed by atoms with van der Waals surface area (Å²) >= 11 is 0. The van der Waals surface area contributed by atoms with Gasteiger partial charge >= 0.3 is 5.76 Å². The summed E-state index contributed by atoms with van der Waals surface area (Å²) in [4.78, 5) is 31.0. The summed E-state index contributed by atoms with van der Waals surface area (Å²) in [6.07, 6.45) is 1.59. The van der Waals surface area contributed by atoms with Gasteiger partial charge in [0.1, 0.15) is 24.6 Å². The van der Waals surface area contributed by atoms with E-state index in [-0.39, 0.29) is 18.3 Å². The third-order valence-electron chi connectivity index (χ3n) is 5.15. The Morgan fingerprint density at radius 1 is 1.00 bits per heavy atom. The van der Waals surface area contributed by atoms with Gasteiger partial charge in [-0.2, -0.15) is 0 Å². The van der Waals surface area contributed by atoms with Gasteiger partial charge < -0.3 is 9.64 Å². The fraction of sp³-hybridized carbons (Fsp3) is 0.200. The fourth-order valence-electron chi connectivity index (χ4n) is 3.35. The van der Waals surface area contributed by atoms with Crippen LogP contribution in [-0.2, 0) is 24.5 Å². The maximum atomic E-state index is 13.0. The molecule has 0 saturated carbocycles. The van der Waals surface area contributed by atoms with E-state index in [0.29, 0.717) is 25.4 Å². The largest absolute Gasteiger partial charge is 0.489 e. The highest BCUT2D eigenvalue weighted by atomic mass is 16.5. The van der Waals surface area contributed by atoms with Gasteiger partial charge in [-0.05, 0) is 42.3 Å². The highest BCUT2D eigenvalue weighted by molar-refractivity contribution is 5.76. The van der Waals surface area contributed by atoms with E-state index >= 15 is 0 Å². The first kappa shape index (κ1) is 22.0. The summed E-state index contributed by atoms with van der Waals surface area (Å²) < 4.78 is 11.8. The summed E-state index contributed by atoms with van der Waals surface area (Å²) in [5, 5.41) is 3.79. The number of amides is 1. The van der Waals surface area contributed by atoms with Gasteiger partial charge in [-0.25, -0.2) is 9.36 Å². The zero-order chi connectivity index (χ0) is 23.0. The first-order valence-electron chi connectivity index (χ1n) is 10.7. The average molecular weight is 444 g/mol. The second kappa shape index (κ2) is 10.4. The van der Waals surface area contributed by atoms with Crippen molar-refractivity contribution in [3.8, 4) is 17.3 Å². The van der Waals surface area contributed by atoms with Crippen molar-refractivity contribution >= 4 is 5.91 Å². The highest BCUT2D eigenvalue weighted by Crippen LogP contribution is 2.16. The number of aromatic nitrogens is 3. The molecule has 4 rings (SSSR count). The minimum atomic E-state index is -0.694. The van der Waals surface area contributed by atoms with Crippen LogP contribution in [0.5, 0.6) is 5.75 Å². The molecule has 0 N–H and O–H groups in total. The van der Waals surface area contributed by atoms with Crippen LogP contribution in [-0.4, -0.2) is 32.1 Å². The van der Waals surface area contributed by atoms with E-state index in [9.17, 15) is 9.59 Å². The Balaban J connectivity index is 1.40. The molecule has 0 fully saturated rings. The molecule has 8 heteroatoms. The second-order valence-corrected chi connectivity index (χ2v) is 7.40. The van der Waals surface area contributed by atoms with E-state index in [1.807, 2.05) is 61.5 Å². The maximum absolute atomic E-state index is 13.0. The molecule has 2 heterocycles. The van der Waals surface area contributed by atoms with E-state index in [4.69, 9.17) is 9.26 Å². The van der Waals surface area contributed by atoms with Crippen LogP contribution in [0, 0.1) is 0 Å². The highest BCUT2D eigenvalue weighted by Gasteiger charge is 2.20. The van der Waals surface area contributed by atoms with E-state index < -0.39 is 5.76 Å².